The van der Waals surface area contributed by atoms with E-state index in [-0.39, 0.29) is 6.04 Å². The first kappa shape index (κ1) is 12.2. The Morgan fingerprint density at radius 2 is 1.73 bits per heavy atom. The second kappa shape index (κ2) is 4.79. The molecule has 0 fully saturated rings. The molecule has 0 saturated carbocycles. The van der Waals surface area contributed by atoms with E-state index < -0.39 is 0 Å². The molecule has 1 aromatic rings. The van der Waals surface area contributed by atoms with E-state index in [1.165, 1.54) is 11.1 Å². The summed E-state index contributed by atoms with van der Waals surface area (Å²) in [4.78, 5) is 4.34. The van der Waals surface area contributed by atoms with Crippen molar-refractivity contribution >= 4 is 21.8 Å². The fourth-order valence-corrected chi connectivity index (χ4v) is 1.68. The molecule has 3 heteroatoms. The van der Waals surface area contributed by atoms with Gasteiger partial charge in [0.05, 0.1) is 0 Å². The van der Waals surface area contributed by atoms with E-state index in [1.54, 1.807) is 0 Å². The van der Waals surface area contributed by atoms with Crippen LogP contribution in [-0.2, 0) is 0 Å². The maximum atomic E-state index is 5.92. The van der Waals surface area contributed by atoms with Gasteiger partial charge >= 0.3 is 0 Å². The molecule has 15 heavy (non-hydrogen) atoms. The van der Waals surface area contributed by atoms with Crippen molar-refractivity contribution in [1.82, 2.24) is 0 Å². The molecule has 0 aliphatic rings. The first-order valence-electron chi connectivity index (χ1n) is 5.02. The summed E-state index contributed by atoms with van der Waals surface area (Å²) in [7, 11) is 0. The molecule has 0 spiro atoms. The third-order valence-corrected chi connectivity index (χ3v) is 3.38. The third kappa shape index (κ3) is 3.06. The summed E-state index contributed by atoms with van der Waals surface area (Å²) in [6.45, 7) is 8.16. The number of nitrogens with two attached hydrogens (primary N) is 1. The number of hydrogen-bond acceptors (Lipinski definition) is 1. The van der Waals surface area contributed by atoms with Crippen molar-refractivity contribution in [3.63, 3.8) is 0 Å². The van der Waals surface area contributed by atoms with Crippen molar-refractivity contribution in [2.24, 2.45) is 10.7 Å². The van der Waals surface area contributed by atoms with Crippen molar-refractivity contribution in [3.8, 4) is 0 Å². The van der Waals surface area contributed by atoms with Crippen LogP contribution in [0.25, 0.3) is 0 Å². The Balaban J connectivity index is 3.17. The summed E-state index contributed by atoms with van der Waals surface area (Å²) in [5, 5.41) is 0. The normalized spacial score (nSPS) is 12.3. The lowest BCUT2D eigenvalue weighted by atomic mass is 10.1. The van der Waals surface area contributed by atoms with E-state index in [4.69, 9.17) is 5.73 Å². The lowest BCUT2D eigenvalue weighted by Gasteiger charge is -2.08. The maximum Gasteiger partial charge on any atom is 0.125 e. The van der Waals surface area contributed by atoms with Gasteiger partial charge in [0.1, 0.15) is 5.84 Å². The van der Waals surface area contributed by atoms with E-state index in [9.17, 15) is 0 Å². The van der Waals surface area contributed by atoms with E-state index >= 15 is 0 Å². The van der Waals surface area contributed by atoms with Gasteiger partial charge in [-0.2, -0.15) is 0 Å². The van der Waals surface area contributed by atoms with Crippen molar-refractivity contribution in [2.75, 3.05) is 0 Å². The highest BCUT2D eigenvalue weighted by Gasteiger charge is 2.05. The molecule has 1 aromatic carbocycles. The molecule has 0 bridgehead atoms. The van der Waals surface area contributed by atoms with Gasteiger partial charge in [-0.25, -0.2) is 0 Å². The lowest BCUT2D eigenvalue weighted by Crippen LogP contribution is -2.16. The number of hydrogen-bond donors (Lipinski definition) is 1. The number of aryl methyl sites for hydroxylation is 2. The number of halogens is 1. The number of amidine groups is 1. The first-order chi connectivity index (χ1) is 6.91. The van der Waals surface area contributed by atoms with Gasteiger partial charge in [0.15, 0.2) is 0 Å². The lowest BCUT2D eigenvalue weighted by molar-refractivity contribution is 0.834. The minimum atomic E-state index is 0.231. The molecule has 0 aromatic heterocycles. The minimum Gasteiger partial charge on any atom is -0.383 e. The Morgan fingerprint density at radius 1 is 1.27 bits per heavy atom. The molecular weight excluding hydrogens is 252 g/mol. The fraction of sp³-hybridized carbons (Fsp3) is 0.417. The average molecular weight is 269 g/mol. The zero-order valence-corrected chi connectivity index (χ0v) is 11.2. The second-order valence-electron chi connectivity index (χ2n) is 4.03. The number of benzene rings is 1. The zero-order chi connectivity index (χ0) is 11.6. The van der Waals surface area contributed by atoms with Gasteiger partial charge in [0.25, 0.3) is 0 Å². The van der Waals surface area contributed by atoms with Gasteiger partial charge in [-0.1, -0.05) is 15.9 Å². The predicted octanol–water partition coefficient (Wildman–Crippen LogP) is 3.18. The van der Waals surface area contributed by atoms with Crippen LogP contribution in [0.15, 0.2) is 21.6 Å². The molecule has 0 amide bonds. The summed E-state index contributed by atoms with van der Waals surface area (Å²) in [5.41, 5.74) is 9.29. The summed E-state index contributed by atoms with van der Waals surface area (Å²) in [5.74, 6) is 0.615. The van der Waals surface area contributed by atoms with Crippen LogP contribution in [-0.4, -0.2) is 11.9 Å². The molecule has 0 aliphatic heterocycles. The molecule has 0 atom stereocenters. The minimum absolute atomic E-state index is 0.231. The van der Waals surface area contributed by atoms with Crippen molar-refractivity contribution < 1.29 is 0 Å². The Morgan fingerprint density at radius 3 is 2.13 bits per heavy atom. The van der Waals surface area contributed by atoms with Gasteiger partial charge in [-0.15, -0.1) is 0 Å². The quantitative estimate of drug-likeness (QED) is 0.650. The highest BCUT2D eigenvalue weighted by atomic mass is 79.9. The van der Waals surface area contributed by atoms with Crippen LogP contribution >= 0.6 is 15.9 Å². The van der Waals surface area contributed by atoms with Crippen LogP contribution in [0.3, 0.4) is 0 Å². The number of rotatable bonds is 2. The van der Waals surface area contributed by atoms with Gasteiger partial charge < -0.3 is 5.73 Å². The van der Waals surface area contributed by atoms with Crippen LogP contribution < -0.4 is 5.73 Å². The van der Waals surface area contributed by atoms with Crippen molar-refractivity contribution in [2.45, 2.75) is 33.7 Å². The predicted molar refractivity (Wildman–Crippen MR) is 69.5 cm³/mol. The van der Waals surface area contributed by atoms with E-state index in [0.717, 1.165) is 10.0 Å². The molecule has 0 radical (unpaired) electrons. The summed E-state index contributed by atoms with van der Waals surface area (Å²) < 4.78 is 1.14. The Bertz CT molecular complexity index is 372. The van der Waals surface area contributed by atoms with Crippen molar-refractivity contribution in [3.05, 3.63) is 33.3 Å². The largest absolute Gasteiger partial charge is 0.383 e. The van der Waals surface area contributed by atoms with Crippen LogP contribution in [0.2, 0.25) is 0 Å². The molecule has 0 saturated heterocycles. The summed E-state index contributed by atoms with van der Waals surface area (Å²) in [6.07, 6.45) is 0. The van der Waals surface area contributed by atoms with Crippen LogP contribution in [0.1, 0.15) is 30.5 Å². The van der Waals surface area contributed by atoms with Gasteiger partial charge in [0.2, 0.25) is 0 Å². The van der Waals surface area contributed by atoms with Crippen LogP contribution in [0, 0.1) is 13.8 Å². The molecule has 0 heterocycles. The van der Waals surface area contributed by atoms with Gasteiger partial charge in [0, 0.05) is 16.1 Å². The zero-order valence-electron chi connectivity index (χ0n) is 9.63. The third-order valence-electron chi connectivity index (χ3n) is 2.13. The molecule has 0 unspecified atom stereocenters. The van der Waals surface area contributed by atoms with Crippen molar-refractivity contribution in [1.29, 1.82) is 0 Å². The Hall–Kier alpha value is -0.830. The smallest absolute Gasteiger partial charge is 0.125 e. The highest BCUT2D eigenvalue weighted by Crippen LogP contribution is 2.22. The fourth-order valence-electron chi connectivity index (χ4n) is 1.45. The van der Waals surface area contributed by atoms with Crippen LogP contribution in [0.5, 0.6) is 0 Å². The molecule has 2 nitrogen and oxygen atoms in total. The Labute approximate surface area is 99.7 Å². The van der Waals surface area contributed by atoms with E-state index in [2.05, 4.69) is 46.9 Å². The molecule has 2 N–H and O–H groups in total. The SMILES string of the molecule is Cc1cc(C(N)=NC(C)C)cc(C)c1Br. The summed E-state index contributed by atoms with van der Waals surface area (Å²) >= 11 is 3.53. The standard InChI is InChI=1S/C12H17BrN2/c1-7(2)15-12(14)10-5-8(3)11(13)9(4)6-10/h5-7H,1-4H3,(H2,14,15). The first-order valence-corrected chi connectivity index (χ1v) is 5.81. The monoisotopic (exact) mass is 268 g/mol. The second-order valence-corrected chi connectivity index (χ2v) is 4.83. The molecule has 82 valence electrons. The van der Waals surface area contributed by atoms with E-state index in [1.807, 2.05) is 13.8 Å². The maximum absolute atomic E-state index is 5.92. The van der Waals surface area contributed by atoms with Crippen LogP contribution in [0.4, 0.5) is 0 Å². The molecule has 1 rings (SSSR count). The average Bonchev–Trinajstić information content (AvgIpc) is 2.12. The Kier molecular flexibility index (Phi) is 3.91. The highest BCUT2D eigenvalue weighted by molar-refractivity contribution is 9.10. The van der Waals surface area contributed by atoms with Gasteiger partial charge in [-0.3, -0.25) is 4.99 Å². The number of aliphatic imine (C=N–C) groups is 1. The van der Waals surface area contributed by atoms with E-state index in [0.29, 0.717) is 5.84 Å². The van der Waals surface area contributed by atoms with Gasteiger partial charge in [-0.05, 0) is 51.0 Å². The summed E-state index contributed by atoms with van der Waals surface area (Å²) in [6, 6.07) is 4.34. The molecular formula is C12H17BrN2. The molecule has 0 aliphatic carbocycles. The number of nitrogens with zero attached hydrogens (tertiary/aromatic N) is 1. The topological polar surface area (TPSA) is 38.4 Å².